The highest BCUT2D eigenvalue weighted by atomic mass is 14.1. The van der Waals surface area contributed by atoms with Gasteiger partial charge in [-0.25, -0.2) is 0 Å². The lowest BCUT2D eigenvalue weighted by Gasteiger charge is -2.12. The number of rotatable bonds is 2. The highest BCUT2D eigenvalue weighted by Crippen LogP contribution is 2.28. The second kappa shape index (κ2) is 4.75. The van der Waals surface area contributed by atoms with Crippen LogP contribution in [0.3, 0.4) is 0 Å². The highest BCUT2D eigenvalue weighted by Gasteiger charge is 2.06. The van der Waals surface area contributed by atoms with Crippen molar-refractivity contribution >= 4 is 0 Å². The molecule has 0 saturated carbocycles. The molecule has 0 aromatic heterocycles. The molecule has 88 valence electrons. The van der Waals surface area contributed by atoms with E-state index in [0.29, 0.717) is 0 Å². The molecule has 0 saturated heterocycles. The van der Waals surface area contributed by atoms with E-state index in [4.69, 9.17) is 0 Å². The van der Waals surface area contributed by atoms with Crippen molar-refractivity contribution in [1.29, 1.82) is 0 Å². The summed E-state index contributed by atoms with van der Waals surface area (Å²) in [6.07, 6.45) is 1.10. The Morgan fingerprint density at radius 1 is 0.765 bits per heavy atom. The van der Waals surface area contributed by atoms with Crippen LogP contribution in [-0.4, -0.2) is 0 Å². The first kappa shape index (κ1) is 11.9. The van der Waals surface area contributed by atoms with Crippen LogP contribution < -0.4 is 0 Å². The summed E-state index contributed by atoms with van der Waals surface area (Å²) >= 11 is 0. The Morgan fingerprint density at radius 3 is 2.00 bits per heavy atom. The van der Waals surface area contributed by atoms with Gasteiger partial charge in [-0.1, -0.05) is 48.9 Å². The fourth-order valence-electron chi connectivity index (χ4n) is 2.21. The Kier molecular flexibility index (Phi) is 3.33. The average Bonchev–Trinajstić information content (AvgIpc) is 2.33. The minimum Gasteiger partial charge on any atom is -0.0613 e. The molecule has 0 spiro atoms. The van der Waals surface area contributed by atoms with Gasteiger partial charge in [-0.15, -0.1) is 0 Å². The Morgan fingerprint density at radius 2 is 1.35 bits per heavy atom. The van der Waals surface area contributed by atoms with Crippen LogP contribution in [0.25, 0.3) is 11.1 Å². The molecule has 0 amide bonds. The number of hydrogen-bond acceptors (Lipinski definition) is 0. The Labute approximate surface area is 104 Å². The summed E-state index contributed by atoms with van der Waals surface area (Å²) in [5.41, 5.74) is 8.20. The van der Waals surface area contributed by atoms with E-state index in [-0.39, 0.29) is 0 Å². The van der Waals surface area contributed by atoms with Gasteiger partial charge in [0.2, 0.25) is 0 Å². The second-order valence-electron chi connectivity index (χ2n) is 4.82. The Bertz CT molecular complexity index is 536. The molecule has 2 aromatic carbocycles. The van der Waals surface area contributed by atoms with Gasteiger partial charge in [-0.3, -0.25) is 0 Å². The van der Waals surface area contributed by atoms with Gasteiger partial charge in [0.15, 0.2) is 0 Å². The van der Waals surface area contributed by atoms with Crippen LogP contribution in [0.5, 0.6) is 0 Å². The predicted octanol–water partition coefficient (Wildman–Crippen LogP) is 4.84. The zero-order valence-corrected chi connectivity index (χ0v) is 11.2. The molecule has 0 heteroatoms. The predicted molar refractivity (Wildman–Crippen MR) is 75.5 cm³/mol. The zero-order valence-electron chi connectivity index (χ0n) is 11.2. The monoisotopic (exact) mass is 224 g/mol. The molecule has 0 radical (unpaired) electrons. The maximum absolute atomic E-state index is 2.33. The number of hydrogen-bond donors (Lipinski definition) is 0. The molecule has 0 bridgehead atoms. The third-order valence-corrected chi connectivity index (χ3v) is 3.39. The van der Waals surface area contributed by atoms with Gasteiger partial charge in [-0.05, 0) is 55.0 Å². The van der Waals surface area contributed by atoms with Crippen LogP contribution in [0.1, 0.15) is 29.2 Å². The molecule has 0 fully saturated rings. The number of benzene rings is 2. The summed E-state index contributed by atoms with van der Waals surface area (Å²) in [7, 11) is 0. The highest BCUT2D eigenvalue weighted by molar-refractivity contribution is 5.71. The maximum atomic E-state index is 2.33. The molecule has 0 heterocycles. The van der Waals surface area contributed by atoms with Crippen molar-refractivity contribution in [1.82, 2.24) is 0 Å². The lowest BCUT2D eigenvalue weighted by Crippen LogP contribution is -1.90. The molecule has 0 nitrogen and oxygen atoms in total. The van der Waals surface area contributed by atoms with Crippen LogP contribution >= 0.6 is 0 Å². The van der Waals surface area contributed by atoms with Crippen LogP contribution in [0.4, 0.5) is 0 Å². The average molecular weight is 224 g/mol. The summed E-state index contributed by atoms with van der Waals surface area (Å²) in [6, 6.07) is 13.5. The second-order valence-corrected chi connectivity index (χ2v) is 4.82. The summed E-state index contributed by atoms with van der Waals surface area (Å²) in [5.74, 6) is 0. The lowest BCUT2D eigenvalue weighted by molar-refractivity contribution is 1.14. The van der Waals surface area contributed by atoms with Crippen molar-refractivity contribution in [2.24, 2.45) is 0 Å². The largest absolute Gasteiger partial charge is 0.0613 e. The van der Waals surface area contributed by atoms with E-state index in [1.54, 1.807) is 0 Å². The molecule has 2 aromatic rings. The smallest absolute Gasteiger partial charge is 0.0149 e. The van der Waals surface area contributed by atoms with Crippen molar-refractivity contribution in [3.63, 3.8) is 0 Å². The molecule has 0 atom stereocenters. The van der Waals surface area contributed by atoms with Gasteiger partial charge in [0.25, 0.3) is 0 Å². The quantitative estimate of drug-likeness (QED) is 0.684. The van der Waals surface area contributed by atoms with Crippen LogP contribution in [0.2, 0.25) is 0 Å². The van der Waals surface area contributed by atoms with Crippen LogP contribution in [0.15, 0.2) is 36.4 Å². The van der Waals surface area contributed by atoms with Gasteiger partial charge in [-0.2, -0.15) is 0 Å². The zero-order chi connectivity index (χ0) is 12.4. The fraction of sp³-hybridized carbons (Fsp3) is 0.294. The molecular weight excluding hydrogens is 204 g/mol. The molecule has 17 heavy (non-hydrogen) atoms. The van der Waals surface area contributed by atoms with Crippen molar-refractivity contribution < 1.29 is 0 Å². The summed E-state index contributed by atoms with van der Waals surface area (Å²) < 4.78 is 0. The molecule has 0 N–H and O–H groups in total. The van der Waals surface area contributed by atoms with Crippen molar-refractivity contribution in [2.45, 2.75) is 34.1 Å². The molecule has 0 aliphatic rings. The molecular formula is C17H20. The van der Waals surface area contributed by atoms with Gasteiger partial charge in [0.1, 0.15) is 0 Å². The first-order valence-corrected chi connectivity index (χ1v) is 6.29. The minimum absolute atomic E-state index is 1.10. The third kappa shape index (κ3) is 2.41. The van der Waals surface area contributed by atoms with Crippen molar-refractivity contribution in [2.75, 3.05) is 0 Å². The van der Waals surface area contributed by atoms with E-state index in [2.05, 4.69) is 64.1 Å². The normalized spacial score (nSPS) is 10.6. The maximum Gasteiger partial charge on any atom is -0.0149 e. The van der Waals surface area contributed by atoms with Crippen molar-refractivity contribution in [3.8, 4) is 11.1 Å². The van der Waals surface area contributed by atoms with Crippen LogP contribution in [-0.2, 0) is 6.42 Å². The first-order valence-electron chi connectivity index (χ1n) is 6.29. The number of aryl methyl sites for hydroxylation is 4. The topological polar surface area (TPSA) is 0 Å². The molecule has 2 rings (SSSR count). The Hall–Kier alpha value is -1.56. The van der Waals surface area contributed by atoms with Gasteiger partial charge >= 0.3 is 0 Å². The van der Waals surface area contributed by atoms with E-state index >= 15 is 0 Å². The molecule has 0 unspecified atom stereocenters. The minimum atomic E-state index is 1.10. The van der Waals surface area contributed by atoms with Gasteiger partial charge < -0.3 is 0 Å². The summed E-state index contributed by atoms with van der Waals surface area (Å²) in [5, 5.41) is 0. The van der Waals surface area contributed by atoms with E-state index in [0.717, 1.165) is 6.42 Å². The van der Waals surface area contributed by atoms with Gasteiger partial charge in [0.05, 0.1) is 0 Å². The molecule has 0 aliphatic carbocycles. The van der Waals surface area contributed by atoms with E-state index < -0.39 is 0 Å². The SMILES string of the molecule is CCc1ccc(C)c(-c2cc(C)ccc2C)c1. The van der Waals surface area contributed by atoms with E-state index in [1.807, 2.05) is 0 Å². The summed E-state index contributed by atoms with van der Waals surface area (Å²) in [4.78, 5) is 0. The third-order valence-electron chi connectivity index (χ3n) is 3.39. The van der Waals surface area contributed by atoms with Crippen molar-refractivity contribution in [3.05, 3.63) is 58.7 Å². The lowest BCUT2D eigenvalue weighted by atomic mass is 9.93. The Balaban J connectivity index is 2.62. The fourth-order valence-corrected chi connectivity index (χ4v) is 2.21. The van der Waals surface area contributed by atoms with Crippen LogP contribution in [0, 0.1) is 20.8 Å². The summed E-state index contributed by atoms with van der Waals surface area (Å²) in [6.45, 7) is 8.74. The first-order chi connectivity index (χ1) is 8.11. The van der Waals surface area contributed by atoms with E-state index in [9.17, 15) is 0 Å². The van der Waals surface area contributed by atoms with Gasteiger partial charge in [0, 0.05) is 0 Å². The standard InChI is InChI=1S/C17H20/c1-5-15-9-8-14(4)17(11-15)16-10-12(2)6-7-13(16)3/h6-11H,5H2,1-4H3. The van der Waals surface area contributed by atoms with E-state index in [1.165, 1.54) is 33.4 Å². The molecule has 0 aliphatic heterocycles.